The van der Waals surface area contributed by atoms with Gasteiger partial charge >= 0.3 is 0 Å². The number of rotatable bonds is 11. The van der Waals surface area contributed by atoms with Crippen molar-refractivity contribution in [1.29, 1.82) is 0 Å². The number of fused-ring (bicyclic) bond motifs is 6. The molecular formula is C82H76ClN3O2. The lowest BCUT2D eigenvalue weighted by Gasteiger charge is -2.34. The Kier molecular flexibility index (Phi) is 14.5. The van der Waals surface area contributed by atoms with Crippen LogP contribution in [0.2, 0.25) is 5.02 Å². The van der Waals surface area contributed by atoms with E-state index >= 15 is 0 Å². The number of halogens is 1. The highest BCUT2D eigenvalue weighted by atomic mass is 35.5. The van der Waals surface area contributed by atoms with Crippen LogP contribution in [0.3, 0.4) is 0 Å². The molecule has 0 spiro atoms. The molecule has 11 aromatic carbocycles. The summed E-state index contributed by atoms with van der Waals surface area (Å²) in [5, 5.41) is 4.87. The van der Waals surface area contributed by atoms with E-state index in [0.717, 1.165) is 117 Å². The monoisotopic (exact) mass is 1170 g/mol. The summed E-state index contributed by atoms with van der Waals surface area (Å²) < 4.78 is 13.5. The second-order valence-electron chi connectivity index (χ2n) is 27.7. The highest BCUT2D eigenvalue weighted by Crippen LogP contribution is 2.51. The van der Waals surface area contributed by atoms with Crippen LogP contribution in [0, 0.1) is 0 Å². The first-order chi connectivity index (χ1) is 42.0. The Labute approximate surface area is 524 Å². The fourth-order valence-electron chi connectivity index (χ4n) is 12.2. The largest absolute Gasteiger partial charge is 0.456 e. The maximum Gasteiger partial charge on any atom is 0.137 e. The molecule has 0 atom stereocenters. The summed E-state index contributed by atoms with van der Waals surface area (Å²) >= 11 is 8.34. The molecule has 438 valence electrons. The smallest absolute Gasteiger partial charge is 0.137 e. The maximum absolute atomic E-state index is 8.34. The lowest BCUT2D eigenvalue weighted by atomic mass is 9.85. The number of hydrogen-bond acceptors (Lipinski definition) is 5. The van der Waals surface area contributed by atoms with Gasteiger partial charge in [-0.25, -0.2) is 0 Å². The predicted molar refractivity (Wildman–Crippen MR) is 376 cm³/mol. The first kappa shape index (κ1) is 57.8. The van der Waals surface area contributed by atoms with Gasteiger partial charge in [0, 0.05) is 73.5 Å². The molecule has 0 saturated carbocycles. The van der Waals surface area contributed by atoms with Crippen LogP contribution in [0.1, 0.15) is 105 Å². The van der Waals surface area contributed by atoms with Crippen LogP contribution in [0.15, 0.2) is 251 Å². The van der Waals surface area contributed by atoms with Crippen molar-refractivity contribution >= 4 is 107 Å². The summed E-state index contributed by atoms with van der Waals surface area (Å²) in [6.45, 7) is 27.2. The van der Waals surface area contributed by atoms with E-state index in [4.69, 9.17) is 20.4 Å². The number of hydrogen-bond donors (Lipinski definition) is 0. The second-order valence-corrected chi connectivity index (χ2v) is 28.1. The number of nitrogens with zero attached hydrogens (tertiary/aromatic N) is 3. The van der Waals surface area contributed by atoms with Crippen LogP contribution in [-0.4, -0.2) is 0 Å². The minimum atomic E-state index is -0.299. The SMILES string of the molecule is CC(C)(C)c1ccc(N(c2cccc(N(c3ccc(C(C)(C)C)cc3)c3cc(C(C)(C)C)cc(N(c4ccc(C(C)(C)C)cc4)c4ccc5c(c4)oc4ccc(-c6ccccc6)cc45)c3Cl)c2)c2ccc3c(c2)oc2ccc(-c4ccccc4)cc23)cc1. The first-order valence-corrected chi connectivity index (χ1v) is 31.1. The quantitative estimate of drug-likeness (QED) is 0.129. The molecule has 0 aliphatic rings. The van der Waals surface area contributed by atoms with Crippen LogP contribution < -0.4 is 14.7 Å². The van der Waals surface area contributed by atoms with Crippen molar-refractivity contribution in [2.45, 2.75) is 105 Å². The normalized spacial score (nSPS) is 12.4. The fourth-order valence-corrected chi connectivity index (χ4v) is 12.5. The van der Waals surface area contributed by atoms with Crippen molar-refractivity contribution in [3.05, 3.63) is 270 Å². The molecule has 0 fully saturated rings. The van der Waals surface area contributed by atoms with E-state index in [2.05, 4.69) is 340 Å². The van der Waals surface area contributed by atoms with Crippen molar-refractivity contribution < 1.29 is 8.83 Å². The lowest BCUT2D eigenvalue weighted by Crippen LogP contribution is -2.19. The summed E-state index contributed by atoms with van der Waals surface area (Å²) in [5.74, 6) is 0. The molecule has 0 bridgehead atoms. The molecule has 2 heterocycles. The van der Waals surface area contributed by atoms with E-state index in [9.17, 15) is 0 Å². The predicted octanol–water partition coefficient (Wildman–Crippen LogP) is 25.1. The molecule has 13 rings (SSSR count). The van der Waals surface area contributed by atoms with Crippen LogP contribution >= 0.6 is 11.6 Å². The van der Waals surface area contributed by atoms with Gasteiger partial charge in [-0.1, -0.05) is 210 Å². The lowest BCUT2D eigenvalue weighted by molar-refractivity contribution is 0.589. The highest BCUT2D eigenvalue weighted by Gasteiger charge is 2.30. The van der Waals surface area contributed by atoms with Gasteiger partial charge < -0.3 is 23.5 Å². The van der Waals surface area contributed by atoms with Crippen LogP contribution in [0.4, 0.5) is 51.2 Å². The summed E-state index contributed by atoms with van der Waals surface area (Å²) in [6.07, 6.45) is 0. The van der Waals surface area contributed by atoms with Crippen LogP contribution in [0.25, 0.3) is 66.1 Å². The van der Waals surface area contributed by atoms with Crippen molar-refractivity contribution in [3.63, 3.8) is 0 Å². The van der Waals surface area contributed by atoms with Gasteiger partial charge in [-0.15, -0.1) is 0 Å². The van der Waals surface area contributed by atoms with E-state index in [1.807, 2.05) is 0 Å². The van der Waals surface area contributed by atoms with Gasteiger partial charge in [0.2, 0.25) is 0 Å². The Morgan fingerprint density at radius 3 is 0.977 bits per heavy atom. The first-order valence-electron chi connectivity index (χ1n) is 30.7. The molecule has 0 aliphatic heterocycles. The van der Waals surface area contributed by atoms with E-state index < -0.39 is 0 Å². The summed E-state index contributed by atoms with van der Waals surface area (Å²) in [5.41, 5.74) is 20.8. The van der Waals surface area contributed by atoms with Gasteiger partial charge in [0.1, 0.15) is 22.3 Å². The number of furan rings is 2. The van der Waals surface area contributed by atoms with Crippen molar-refractivity contribution in [2.24, 2.45) is 0 Å². The molecular weight excluding hydrogens is 1090 g/mol. The Balaban J connectivity index is 1.00. The topological polar surface area (TPSA) is 36.0 Å². The standard InChI is InChI=1S/C82H76ClN3O2/c1-79(2,3)57-28-34-61(35-29-57)84(66-40-42-68-70-46-55(53-20-15-13-16-21-53)26-44-74(70)87-76(68)51-66)64-24-19-25-65(50-64)85(62-36-30-58(31-37-62)80(4,5)6)72-48-60(82(10,11)12)49-73(78(72)83)86(63-38-32-59(33-39-63)81(7,8)9)67-41-43-69-71-47-56(54-22-17-14-18-23-54)27-45-75(71)88-77(69)52-67/h13-52H,1-12H3. The van der Waals surface area contributed by atoms with Gasteiger partial charge in [0.05, 0.1) is 16.4 Å². The third-order valence-corrected chi connectivity index (χ3v) is 17.7. The van der Waals surface area contributed by atoms with E-state index in [0.29, 0.717) is 5.02 Å². The Bertz CT molecular complexity index is 4700. The zero-order chi connectivity index (χ0) is 61.4. The third kappa shape index (κ3) is 11.1. The molecule has 6 heteroatoms. The Morgan fingerprint density at radius 1 is 0.250 bits per heavy atom. The highest BCUT2D eigenvalue weighted by molar-refractivity contribution is 6.37. The minimum absolute atomic E-state index is 0.0311. The molecule has 0 aliphatic carbocycles. The molecule has 2 aromatic heterocycles. The number of anilines is 9. The molecule has 0 N–H and O–H groups in total. The summed E-state index contributed by atoms with van der Waals surface area (Å²) in [7, 11) is 0. The van der Waals surface area contributed by atoms with Crippen molar-refractivity contribution in [1.82, 2.24) is 0 Å². The summed E-state index contributed by atoms with van der Waals surface area (Å²) in [6, 6.07) is 87.7. The van der Waals surface area contributed by atoms with Crippen molar-refractivity contribution in [3.8, 4) is 22.3 Å². The van der Waals surface area contributed by atoms with Gasteiger partial charge in [-0.05, 0) is 181 Å². The third-order valence-electron chi connectivity index (χ3n) is 17.3. The molecule has 0 amide bonds. The Morgan fingerprint density at radius 2 is 0.591 bits per heavy atom. The van der Waals surface area contributed by atoms with Gasteiger partial charge in [0.25, 0.3) is 0 Å². The van der Waals surface area contributed by atoms with Crippen LogP contribution in [0.5, 0.6) is 0 Å². The van der Waals surface area contributed by atoms with E-state index in [1.54, 1.807) is 0 Å². The molecule has 0 unspecified atom stereocenters. The zero-order valence-corrected chi connectivity index (χ0v) is 53.4. The molecule has 13 aromatic rings. The van der Waals surface area contributed by atoms with E-state index in [-0.39, 0.29) is 21.7 Å². The number of benzene rings is 11. The fraction of sp³-hybridized carbons (Fsp3) is 0.195. The molecule has 5 nitrogen and oxygen atoms in total. The Hall–Kier alpha value is -9.29. The van der Waals surface area contributed by atoms with Crippen LogP contribution in [-0.2, 0) is 21.7 Å². The minimum Gasteiger partial charge on any atom is -0.456 e. The average Bonchev–Trinajstić information content (AvgIpc) is 1.37. The molecule has 0 saturated heterocycles. The zero-order valence-electron chi connectivity index (χ0n) is 52.6. The summed E-state index contributed by atoms with van der Waals surface area (Å²) in [4.78, 5) is 7.00. The van der Waals surface area contributed by atoms with Crippen molar-refractivity contribution in [2.75, 3.05) is 14.7 Å². The second kappa shape index (κ2) is 22.1. The average molecular weight is 1170 g/mol. The molecule has 0 radical (unpaired) electrons. The van der Waals surface area contributed by atoms with Gasteiger partial charge in [-0.3, -0.25) is 0 Å². The van der Waals surface area contributed by atoms with Gasteiger partial charge in [0.15, 0.2) is 0 Å². The molecule has 88 heavy (non-hydrogen) atoms. The van der Waals surface area contributed by atoms with Gasteiger partial charge in [-0.2, -0.15) is 0 Å². The van der Waals surface area contributed by atoms with E-state index in [1.165, 1.54) is 22.3 Å². The maximum atomic E-state index is 8.34.